The van der Waals surface area contributed by atoms with E-state index < -0.39 is 5.91 Å². The van der Waals surface area contributed by atoms with Crippen LogP contribution in [0.4, 0.5) is 5.69 Å². The average molecular weight is 356 g/mol. The van der Waals surface area contributed by atoms with Gasteiger partial charge in [-0.05, 0) is 30.7 Å². The standard InChI is InChI=1S/C19H18ClN3O2/c1-13-3-5-14(6-4-13)11-22-12-15(10-21)19(24)23-17-9-16(20)7-8-18(17)25-2/h3-9,12,22H,11H2,1-2H3,(H,23,24)/b15-12-. The Morgan fingerprint density at radius 2 is 2.00 bits per heavy atom. The van der Waals surface area contributed by atoms with Gasteiger partial charge in [-0.2, -0.15) is 5.26 Å². The number of methoxy groups -OCH3 is 1. The third-order valence-corrected chi connectivity index (χ3v) is 3.68. The molecule has 0 radical (unpaired) electrons. The topological polar surface area (TPSA) is 74.1 Å². The molecule has 2 N–H and O–H groups in total. The van der Waals surface area contributed by atoms with E-state index in [1.165, 1.54) is 18.9 Å². The van der Waals surface area contributed by atoms with Gasteiger partial charge in [0.2, 0.25) is 0 Å². The third-order valence-electron chi connectivity index (χ3n) is 3.45. The second-order valence-electron chi connectivity index (χ2n) is 5.34. The molecule has 0 aliphatic heterocycles. The van der Waals surface area contributed by atoms with Gasteiger partial charge in [0.25, 0.3) is 5.91 Å². The summed E-state index contributed by atoms with van der Waals surface area (Å²) in [5.41, 5.74) is 2.58. The van der Waals surface area contributed by atoms with Gasteiger partial charge in [0.05, 0.1) is 12.8 Å². The number of nitriles is 1. The van der Waals surface area contributed by atoms with Gasteiger partial charge in [-0.15, -0.1) is 0 Å². The summed E-state index contributed by atoms with van der Waals surface area (Å²) in [4.78, 5) is 12.3. The van der Waals surface area contributed by atoms with Crippen molar-refractivity contribution >= 4 is 23.2 Å². The maximum Gasteiger partial charge on any atom is 0.267 e. The summed E-state index contributed by atoms with van der Waals surface area (Å²) in [5.74, 6) is -0.0814. The smallest absolute Gasteiger partial charge is 0.267 e. The summed E-state index contributed by atoms with van der Waals surface area (Å²) >= 11 is 5.93. The lowest BCUT2D eigenvalue weighted by Gasteiger charge is -2.10. The number of nitrogens with zero attached hydrogens (tertiary/aromatic N) is 1. The van der Waals surface area contributed by atoms with E-state index in [9.17, 15) is 10.1 Å². The second kappa shape index (κ2) is 8.76. The van der Waals surface area contributed by atoms with Gasteiger partial charge in [-0.25, -0.2) is 0 Å². The van der Waals surface area contributed by atoms with Crippen LogP contribution < -0.4 is 15.4 Å². The molecule has 0 unspecified atom stereocenters. The molecule has 0 atom stereocenters. The van der Waals surface area contributed by atoms with Crippen molar-refractivity contribution in [3.05, 3.63) is 70.4 Å². The van der Waals surface area contributed by atoms with Crippen molar-refractivity contribution in [1.82, 2.24) is 5.32 Å². The molecule has 5 nitrogen and oxygen atoms in total. The van der Waals surface area contributed by atoms with Gasteiger partial charge in [0.1, 0.15) is 17.4 Å². The first-order valence-electron chi connectivity index (χ1n) is 7.57. The third kappa shape index (κ3) is 5.27. The largest absolute Gasteiger partial charge is 0.495 e. The first-order valence-corrected chi connectivity index (χ1v) is 7.95. The maximum atomic E-state index is 12.3. The predicted octanol–water partition coefficient (Wildman–Crippen LogP) is 3.79. The number of hydrogen-bond acceptors (Lipinski definition) is 4. The number of carbonyl (C=O) groups excluding carboxylic acids is 1. The number of anilines is 1. The van der Waals surface area contributed by atoms with Crippen LogP contribution in [0.25, 0.3) is 0 Å². The molecule has 2 aromatic carbocycles. The zero-order valence-corrected chi connectivity index (χ0v) is 14.7. The van der Waals surface area contributed by atoms with Crippen molar-refractivity contribution in [1.29, 1.82) is 5.26 Å². The van der Waals surface area contributed by atoms with Crippen molar-refractivity contribution in [3.63, 3.8) is 0 Å². The molecule has 0 saturated heterocycles. The molecule has 0 fully saturated rings. The molecular weight excluding hydrogens is 338 g/mol. The van der Waals surface area contributed by atoms with Crippen LogP contribution in [0, 0.1) is 18.3 Å². The number of carbonyl (C=O) groups is 1. The quantitative estimate of drug-likeness (QED) is 0.610. The Morgan fingerprint density at radius 1 is 1.28 bits per heavy atom. The van der Waals surface area contributed by atoms with E-state index in [0.29, 0.717) is 23.0 Å². The summed E-state index contributed by atoms with van der Waals surface area (Å²) in [5, 5.41) is 15.3. The minimum Gasteiger partial charge on any atom is -0.495 e. The Bertz CT molecular complexity index is 824. The van der Waals surface area contributed by atoms with Gasteiger partial charge < -0.3 is 15.4 Å². The Hall–Kier alpha value is -2.97. The van der Waals surface area contributed by atoms with Crippen LogP contribution in [-0.4, -0.2) is 13.0 Å². The second-order valence-corrected chi connectivity index (χ2v) is 5.77. The summed E-state index contributed by atoms with van der Waals surface area (Å²) in [6, 6.07) is 14.7. The van der Waals surface area contributed by atoms with E-state index in [1.807, 2.05) is 37.3 Å². The fraction of sp³-hybridized carbons (Fsp3) is 0.158. The zero-order valence-electron chi connectivity index (χ0n) is 14.0. The van der Waals surface area contributed by atoms with Gasteiger partial charge >= 0.3 is 0 Å². The van der Waals surface area contributed by atoms with Crippen LogP contribution in [0.5, 0.6) is 5.75 Å². The van der Waals surface area contributed by atoms with E-state index >= 15 is 0 Å². The van der Waals surface area contributed by atoms with E-state index in [4.69, 9.17) is 16.3 Å². The fourth-order valence-corrected chi connectivity index (χ4v) is 2.27. The molecule has 6 heteroatoms. The molecular formula is C19H18ClN3O2. The van der Waals surface area contributed by atoms with E-state index in [-0.39, 0.29) is 5.57 Å². The lowest BCUT2D eigenvalue weighted by Crippen LogP contribution is -2.17. The van der Waals surface area contributed by atoms with Gasteiger partial charge in [-0.3, -0.25) is 4.79 Å². The monoisotopic (exact) mass is 355 g/mol. The van der Waals surface area contributed by atoms with Crippen molar-refractivity contribution in [3.8, 4) is 11.8 Å². The van der Waals surface area contributed by atoms with Crippen molar-refractivity contribution in [2.75, 3.05) is 12.4 Å². The molecule has 128 valence electrons. The minimum atomic E-state index is -0.542. The van der Waals surface area contributed by atoms with Crippen LogP contribution in [-0.2, 0) is 11.3 Å². The molecule has 0 saturated carbocycles. The summed E-state index contributed by atoms with van der Waals surface area (Å²) < 4.78 is 5.17. The highest BCUT2D eigenvalue weighted by molar-refractivity contribution is 6.31. The van der Waals surface area contributed by atoms with Crippen LogP contribution in [0.3, 0.4) is 0 Å². The highest BCUT2D eigenvalue weighted by Gasteiger charge is 2.12. The van der Waals surface area contributed by atoms with Crippen LogP contribution >= 0.6 is 11.6 Å². The summed E-state index contributed by atoms with van der Waals surface area (Å²) in [7, 11) is 1.49. The molecule has 0 aliphatic carbocycles. The first kappa shape index (κ1) is 18.4. The highest BCUT2D eigenvalue weighted by atomic mass is 35.5. The Labute approximate surface area is 151 Å². The predicted molar refractivity (Wildman–Crippen MR) is 98.3 cm³/mol. The number of hydrogen-bond donors (Lipinski definition) is 2. The van der Waals surface area contributed by atoms with Gasteiger partial charge in [0, 0.05) is 17.8 Å². The molecule has 0 heterocycles. The molecule has 1 amide bonds. The molecule has 2 rings (SSSR count). The Kier molecular flexibility index (Phi) is 6.44. The van der Waals surface area contributed by atoms with Crippen molar-refractivity contribution < 1.29 is 9.53 Å². The van der Waals surface area contributed by atoms with Crippen molar-refractivity contribution in [2.24, 2.45) is 0 Å². The van der Waals surface area contributed by atoms with E-state index in [2.05, 4.69) is 10.6 Å². The number of halogens is 1. The maximum absolute atomic E-state index is 12.3. The van der Waals surface area contributed by atoms with Gasteiger partial charge in [0.15, 0.2) is 0 Å². The number of nitrogens with one attached hydrogen (secondary N) is 2. The summed E-state index contributed by atoms with van der Waals surface area (Å²) in [6.45, 7) is 2.53. The van der Waals surface area contributed by atoms with Crippen molar-refractivity contribution in [2.45, 2.75) is 13.5 Å². The molecule has 0 aromatic heterocycles. The zero-order chi connectivity index (χ0) is 18.2. The minimum absolute atomic E-state index is 0.0471. The molecule has 25 heavy (non-hydrogen) atoms. The van der Waals surface area contributed by atoms with Gasteiger partial charge in [-0.1, -0.05) is 41.4 Å². The van der Waals surface area contributed by atoms with Crippen LogP contribution in [0.1, 0.15) is 11.1 Å². The number of amides is 1. The number of rotatable bonds is 6. The Balaban J connectivity index is 2.04. The molecule has 0 spiro atoms. The first-order chi connectivity index (χ1) is 12.0. The highest BCUT2D eigenvalue weighted by Crippen LogP contribution is 2.27. The molecule has 2 aromatic rings. The lowest BCUT2D eigenvalue weighted by molar-refractivity contribution is -0.112. The Morgan fingerprint density at radius 3 is 2.64 bits per heavy atom. The molecule has 0 aliphatic rings. The molecule has 0 bridgehead atoms. The number of benzene rings is 2. The average Bonchev–Trinajstić information content (AvgIpc) is 2.60. The SMILES string of the molecule is COc1ccc(Cl)cc1NC(=O)/C(C#N)=C\NCc1ccc(C)cc1. The fourth-order valence-electron chi connectivity index (χ4n) is 2.09. The summed E-state index contributed by atoms with van der Waals surface area (Å²) in [6.07, 6.45) is 1.40. The van der Waals surface area contributed by atoms with Crippen LogP contribution in [0.15, 0.2) is 54.2 Å². The normalized spacial score (nSPS) is 10.7. The van der Waals surface area contributed by atoms with E-state index in [0.717, 1.165) is 5.56 Å². The lowest BCUT2D eigenvalue weighted by atomic mass is 10.1. The number of aryl methyl sites for hydroxylation is 1. The van der Waals surface area contributed by atoms with E-state index in [1.54, 1.807) is 18.2 Å². The number of ether oxygens (including phenoxy) is 1. The van der Waals surface area contributed by atoms with Crippen LogP contribution in [0.2, 0.25) is 5.02 Å².